The third kappa shape index (κ3) is 2.39. The van der Waals surface area contributed by atoms with Gasteiger partial charge in [-0.05, 0) is 38.5 Å². The average Bonchev–Trinajstić information content (AvgIpc) is 3.07. The molecule has 3 rings (SSSR count). The van der Waals surface area contributed by atoms with Crippen LogP contribution in [0.4, 0.5) is 0 Å². The van der Waals surface area contributed by atoms with Crippen LogP contribution in [0.15, 0.2) is 18.3 Å². The van der Waals surface area contributed by atoms with Crippen molar-refractivity contribution in [1.82, 2.24) is 9.55 Å². The summed E-state index contributed by atoms with van der Waals surface area (Å²) in [6.45, 7) is 6.52. The first-order chi connectivity index (χ1) is 11.0. The highest BCUT2D eigenvalue weighted by Gasteiger charge is 2.18. The second kappa shape index (κ2) is 5.52. The van der Waals surface area contributed by atoms with Crippen molar-refractivity contribution in [2.45, 2.75) is 27.3 Å². The molecule has 0 saturated heterocycles. The number of aryl methyl sites for hydroxylation is 3. The largest absolute Gasteiger partial charge is 0.477 e. The smallest absolute Gasteiger partial charge is 0.347 e. The van der Waals surface area contributed by atoms with Crippen molar-refractivity contribution in [3.8, 4) is 16.6 Å². The van der Waals surface area contributed by atoms with Gasteiger partial charge in [-0.3, -0.25) is 0 Å². The molecule has 5 nitrogen and oxygen atoms in total. The van der Waals surface area contributed by atoms with Crippen LogP contribution in [0, 0.1) is 25.2 Å². The van der Waals surface area contributed by atoms with E-state index in [1.165, 1.54) is 0 Å². The van der Waals surface area contributed by atoms with Crippen LogP contribution in [0.3, 0.4) is 0 Å². The molecule has 0 radical (unpaired) electrons. The molecule has 3 aromatic rings. The summed E-state index contributed by atoms with van der Waals surface area (Å²) >= 11 is 1.14. The van der Waals surface area contributed by atoms with Crippen LogP contribution in [0.2, 0.25) is 0 Å². The molecule has 6 heteroatoms. The molecule has 0 unspecified atom stereocenters. The molecule has 0 atom stereocenters. The molecule has 0 saturated carbocycles. The van der Waals surface area contributed by atoms with Crippen molar-refractivity contribution in [3.05, 3.63) is 40.0 Å². The van der Waals surface area contributed by atoms with Crippen LogP contribution in [-0.4, -0.2) is 20.6 Å². The molecule has 23 heavy (non-hydrogen) atoms. The Labute approximate surface area is 137 Å². The van der Waals surface area contributed by atoms with Gasteiger partial charge in [-0.25, -0.2) is 9.78 Å². The lowest BCUT2D eigenvalue weighted by Crippen LogP contribution is -1.94. The van der Waals surface area contributed by atoms with Crippen molar-refractivity contribution in [2.75, 3.05) is 0 Å². The van der Waals surface area contributed by atoms with E-state index in [2.05, 4.69) is 15.6 Å². The molecule has 0 aliphatic heterocycles. The maximum absolute atomic E-state index is 11.2. The predicted octanol–water partition coefficient (Wildman–Crippen LogP) is 3.97. The lowest BCUT2D eigenvalue weighted by atomic mass is 10.1. The lowest BCUT2D eigenvalue weighted by Gasteiger charge is -2.05. The Morgan fingerprint density at radius 1 is 1.43 bits per heavy atom. The first kappa shape index (κ1) is 15.3. The minimum Gasteiger partial charge on any atom is -0.477 e. The summed E-state index contributed by atoms with van der Waals surface area (Å²) in [4.78, 5) is 15.8. The number of nitriles is 1. The molecule has 116 valence electrons. The van der Waals surface area contributed by atoms with Gasteiger partial charge in [0.25, 0.3) is 0 Å². The van der Waals surface area contributed by atoms with Crippen molar-refractivity contribution < 1.29 is 9.90 Å². The Bertz CT molecular complexity index is 976. The lowest BCUT2D eigenvalue weighted by molar-refractivity contribution is 0.0701. The summed E-state index contributed by atoms with van der Waals surface area (Å²) in [5, 5.41) is 20.3. The van der Waals surface area contributed by atoms with E-state index < -0.39 is 5.97 Å². The number of carboxylic acids is 1. The van der Waals surface area contributed by atoms with E-state index in [4.69, 9.17) is 0 Å². The van der Waals surface area contributed by atoms with E-state index in [0.29, 0.717) is 16.3 Å². The van der Waals surface area contributed by atoms with Gasteiger partial charge in [0.1, 0.15) is 16.0 Å². The molecule has 0 fully saturated rings. The zero-order valence-electron chi connectivity index (χ0n) is 13.0. The minimum absolute atomic E-state index is 0.237. The maximum atomic E-state index is 11.2. The highest BCUT2D eigenvalue weighted by molar-refractivity contribution is 7.17. The fourth-order valence-electron chi connectivity index (χ4n) is 2.79. The Kier molecular flexibility index (Phi) is 3.66. The van der Waals surface area contributed by atoms with Crippen LogP contribution in [-0.2, 0) is 6.54 Å². The van der Waals surface area contributed by atoms with Gasteiger partial charge >= 0.3 is 5.97 Å². The van der Waals surface area contributed by atoms with Gasteiger partial charge in [0, 0.05) is 23.7 Å². The number of benzene rings is 1. The average molecular weight is 325 g/mol. The highest BCUT2D eigenvalue weighted by atomic mass is 32.1. The van der Waals surface area contributed by atoms with Gasteiger partial charge < -0.3 is 9.67 Å². The van der Waals surface area contributed by atoms with E-state index in [1.54, 1.807) is 13.0 Å². The molecule has 1 aromatic carbocycles. The van der Waals surface area contributed by atoms with Gasteiger partial charge in [0.15, 0.2) is 0 Å². The Morgan fingerprint density at radius 3 is 2.74 bits per heavy atom. The van der Waals surface area contributed by atoms with E-state index in [0.717, 1.165) is 39.9 Å². The molecular formula is C17H15N3O2S. The third-order valence-corrected chi connectivity index (χ3v) is 5.06. The molecule has 0 bridgehead atoms. The van der Waals surface area contributed by atoms with E-state index in [9.17, 15) is 15.2 Å². The fourth-order valence-corrected chi connectivity index (χ4v) is 3.68. The molecule has 0 amide bonds. The minimum atomic E-state index is -0.971. The second-order valence-electron chi connectivity index (χ2n) is 5.37. The summed E-state index contributed by atoms with van der Waals surface area (Å²) < 4.78 is 2.06. The van der Waals surface area contributed by atoms with Crippen LogP contribution < -0.4 is 0 Å². The third-order valence-electron chi connectivity index (χ3n) is 3.87. The van der Waals surface area contributed by atoms with Crippen molar-refractivity contribution in [1.29, 1.82) is 5.26 Å². The number of rotatable bonds is 3. The number of nitrogens with zero attached hydrogens (tertiary/aromatic N) is 3. The first-order valence-electron chi connectivity index (χ1n) is 7.21. The van der Waals surface area contributed by atoms with Crippen LogP contribution in [0.5, 0.6) is 0 Å². The number of hydrogen-bond donors (Lipinski definition) is 1. The monoisotopic (exact) mass is 325 g/mol. The maximum Gasteiger partial charge on any atom is 0.347 e. The van der Waals surface area contributed by atoms with E-state index >= 15 is 0 Å². The number of aromatic nitrogens is 2. The summed E-state index contributed by atoms with van der Waals surface area (Å²) in [5.41, 5.74) is 3.87. The topological polar surface area (TPSA) is 78.9 Å². The normalized spacial score (nSPS) is 10.9. The standard InChI is InChI=1S/C17H15N3O2S/c1-4-20-8-9(2)13-6-11(5-12(7-18)14(13)20)16-19-10(3)15(23-16)17(21)22/h5-6,8H,4H2,1-3H3,(H,21,22). The van der Waals surface area contributed by atoms with Crippen LogP contribution >= 0.6 is 11.3 Å². The van der Waals surface area contributed by atoms with Gasteiger partial charge in [0.05, 0.1) is 16.8 Å². The van der Waals surface area contributed by atoms with Crippen molar-refractivity contribution in [2.24, 2.45) is 0 Å². The molecule has 2 aromatic heterocycles. The predicted molar refractivity (Wildman–Crippen MR) is 89.9 cm³/mol. The summed E-state index contributed by atoms with van der Waals surface area (Å²) in [6.07, 6.45) is 2.03. The molecular weight excluding hydrogens is 310 g/mol. The number of hydrogen-bond acceptors (Lipinski definition) is 4. The summed E-state index contributed by atoms with van der Waals surface area (Å²) in [7, 11) is 0. The number of carboxylic acid groups (broad SMARTS) is 1. The SMILES string of the molecule is CCn1cc(C)c2cc(-c3nc(C)c(C(=O)O)s3)cc(C#N)c21. The quantitative estimate of drug-likeness (QED) is 0.790. The van der Waals surface area contributed by atoms with Gasteiger partial charge in [-0.15, -0.1) is 11.3 Å². The number of carbonyl (C=O) groups is 1. The van der Waals surface area contributed by atoms with Gasteiger partial charge in [0.2, 0.25) is 0 Å². The molecule has 0 spiro atoms. The molecule has 1 N–H and O–H groups in total. The molecule has 0 aliphatic rings. The van der Waals surface area contributed by atoms with Crippen molar-refractivity contribution >= 4 is 28.2 Å². The summed E-state index contributed by atoms with van der Waals surface area (Å²) in [5.74, 6) is -0.971. The Balaban J connectivity index is 2.28. The fraction of sp³-hybridized carbons (Fsp3) is 0.235. The number of aromatic carboxylic acids is 1. The highest BCUT2D eigenvalue weighted by Crippen LogP contribution is 2.33. The zero-order valence-corrected chi connectivity index (χ0v) is 13.9. The van der Waals surface area contributed by atoms with Crippen LogP contribution in [0.25, 0.3) is 21.5 Å². The second-order valence-corrected chi connectivity index (χ2v) is 6.37. The van der Waals surface area contributed by atoms with Gasteiger partial charge in [-0.2, -0.15) is 5.26 Å². The molecule has 0 aliphatic carbocycles. The first-order valence-corrected chi connectivity index (χ1v) is 8.02. The van der Waals surface area contributed by atoms with Crippen LogP contribution in [0.1, 0.15) is 33.4 Å². The van der Waals surface area contributed by atoms with Gasteiger partial charge in [-0.1, -0.05) is 0 Å². The van der Waals surface area contributed by atoms with E-state index in [1.807, 2.05) is 26.1 Å². The van der Waals surface area contributed by atoms with Crippen molar-refractivity contribution in [3.63, 3.8) is 0 Å². The number of fused-ring (bicyclic) bond motifs is 1. The Hall–Kier alpha value is -2.65. The number of thiazole rings is 1. The van der Waals surface area contributed by atoms with E-state index in [-0.39, 0.29) is 4.88 Å². The zero-order chi connectivity index (χ0) is 16.7. The molecule has 2 heterocycles. The summed E-state index contributed by atoms with van der Waals surface area (Å²) in [6, 6.07) is 6.03. The Morgan fingerprint density at radius 2 is 2.17 bits per heavy atom.